The second-order valence-corrected chi connectivity index (χ2v) is 12.7. The summed E-state index contributed by atoms with van der Waals surface area (Å²) in [5, 5.41) is 22.3. The SMILES string of the molecule is Cc1cnc(NC(=O)C2=C(O)c3ccccc3S(=O)(=O)N2C)s1.O=C(c1ccccc1)c1ccc2n1CCC2C(=O)O. The molecular weight excluding hydrogens is 580 g/mol. The molecule has 0 bridgehead atoms. The van der Waals surface area contributed by atoms with Crippen molar-refractivity contribution >= 4 is 49.9 Å². The number of aliphatic carboxylic acids is 1. The Kier molecular flexibility index (Phi) is 7.71. The average Bonchev–Trinajstić information content (AvgIpc) is 3.69. The van der Waals surface area contributed by atoms with Gasteiger partial charge in [-0.25, -0.2) is 13.4 Å². The van der Waals surface area contributed by atoms with Crippen molar-refractivity contribution in [2.45, 2.75) is 30.7 Å². The normalized spacial score (nSPS) is 16.6. The second kappa shape index (κ2) is 11.3. The minimum Gasteiger partial charge on any atom is -0.505 e. The fourth-order valence-corrected chi connectivity index (χ4v) is 6.94. The van der Waals surface area contributed by atoms with Gasteiger partial charge < -0.3 is 14.8 Å². The van der Waals surface area contributed by atoms with Crippen LogP contribution in [-0.4, -0.2) is 57.2 Å². The number of thiazole rings is 1. The van der Waals surface area contributed by atoms with E-state index < -0.39 is 27.8 Å². The molecule has 2 aliphatic heterocycles. The molecule has 2 aliphatic rings. The van der Waals surface area contributed by atoms with E-state index in [-0.39, 0.29) is 27.7 Å². The summed E-state index contributed by atoms with van der Waals surface area (Å²) < 4.78 is 27.6. The van der Waals surface area contributed by atoms with Crippen molar-refractivity contribution in [3.05, 3.63) is 106 Å². The van der Waals surface area contributed by atoms with Crippen LogP contribution in [0.4, 0.5) is 5.13 Å². The highest BCUT2D eigenvalue weighted by atomic mass is 32.2. The summed E-state index contributed by atoms with van der Waals surface area (Å²) in [6, 6.07) is 18.5. The number of carboxylic acid groups (broad SMARTS) is 1. The molecule has 0 saturated carbocycles. The molecule has 1 amide bonds. The molecule has 1 atom stereocenters. The van der Waals surface area contributed by atoms with Crippen LogP contribution in [0.25, 0.3) is 5.76 Å². The number of carbonyl (C=O) groups is 3. The summed E-state index contributed by atoms with van der Waals surface area (Å²) in [5.74, 6) is -2.49. The van der Waals surface area contributed by atoms with Crippen LogP contribution in [0.5, 0.6) is 0 Å². The quantitative estimate of drug-likeness (QED) is 0.285. The number of aliphatic hydroxyl groups excluding tert-OH is 1. The van der Waals surface area contributed by atoms with Gasteiger partial charge in [0, 0.05) is 41.5 Å². The lowest BCUT2D eigenvalue weighted by atomic mass is 10.1. The first-order valence-corrected chi connectivity index (χ1v) is 15.0. The number of rotatable bonds is 5. The van der Waals surface area contributed by atoms with E-state index in [0.29, 0.717) is 29.4 Å². The number of ketones is 1. The first kappa shape index (κ1) is 28.8. The number of nitrogens with one attached hydrogen (secondary N) is 1. The van der Waals surface area contributed by atoms with Crippen LogP contribution < -0.4 is 5.32 Å². The summed E-state index contributed by atoms with van der Waals surface area (Å²) in [6.07, 6.45) is 2.14. The van der Waals surface area contributed by atoms with Gasteiger partial charge in [0.2, 0.25) is 5.78 Å². The highest BCUT2D eigenvalue weighted by molar-refractivity contribution is 7.89. The zero-order valence-corrected chi connectivity index (χ0v) is 24.1. The predicted molar refractivity (Wildman–Crippen MR) is 156 cm³/mol. The maximum atomic E-state index is 12.5. The molecule has 3 N–H and O–H groups in total. The summed E-state index contributed by atoms with van der Waals surface area (Å²) in [5.41, 5.74) is 1.70. The van der Waals surface area contributed by atoms with Crippen molar-refractivity contribution in [1.29, 1.82) is 0 Å². The van der Waals surface area contributed by atoms with E-state index >= 15 is 0 Å². The fraction of sp³-hybridized carbons (Fsp3) is 0.172. The van der Waals surface area contributed by atoms with Gasteiger partial charge in [-0.05, 0) is 37.6 Å². The minimum atomic E-state index is -3.90. The average molecular weight is 607 g/mol. The van der Waals surface area contributed by atoms with Crippen molar-refractivity contribution in [3.63, 3.8) is 0 Å². The number of aryl methyl sites for hydroxylation is 1. The molecule has 0 fully saturated rings. The maximum absolute atomic E-state index is 12.5. The number of carbonyl (C=O) groups excluding carboxylic acids is 2. The Labute approximate surface area is 245 Å². The molecule has 6 rings (SSSR count). The molecule has 1 unspecified atom stereocenters. The smallest absolute Gasteiger partial charge is 0.312 e. The third-order valence-corrected chi connectivity index (χ3v) is 9.60. The van der Waals surface area contributed by atoms with E-state index in [4.69, 9.17) is 5.11 Å². The molecule has 42 heavy (non-hydrogen) atoms. The topological polar surface area (TPSA) is 159 Å². The molecule has 4 heterocycles. The van der Waals surface area contributed by atoms with Crippen molar-refractivity contribution in [2.24, 2.45) is 0 Å². The summed E-state index contributed by atoms with van der Waals surface area (Å²) >= 11 is 1.25. The number of aliphatic hydroxyl groups is 1. The third-order valence-electron chi connectivity index (χ3n) is 6.96. The highest BCUT2D eigenvalue weighted by Crippen LogP contribution is 2.35. The monoisotopic (exact) mass is 606 g/mol. The number of benzene rings is 2. The van der Waals surface area contributed by atoms with Crippen molar-refractivity contribution in [2.75, 3.05) is 12.4 Å². The predicted octanol–water partition coefficient (Wildman–Crippen LogP) is 4.24. The molecule has 11 nitrogen and oxygen atoms in total. The first-order chi connectivity index (χ1) is 20.0. The number of nitrogens with zero attached hydrogens (tertiary/aromatic N) is 3. The lowest BCUT2D eigenvalue weighted by Gasteiger charge is -2.28. The zero-order valence-electron chi connectivity index (χ0n) is 22.5. The summed E-state index contributed by atoms with van der Waals surface area (Å²) in [6.45, 7) is 2.42. The number of amides is 1. The van der Waals surface area contributed by atoms with E-state index in [1.165, 1.54) is 30.5 Å². The third kappa shape index (κ3) is 5.19. The number of aromatic nitrogens is 2. The fourth-order valence-electron chi connectivity index (χ4n) is 4.88. The van der Waals surface area contributed by atoms with Crippen LogP contribution >= 0.6 is 11.3 Å². The molecule has 4 aromatic rings. The Hall–Kier alpha value is -4.75. The van der Waals surface area contributed by atoms with Crippen molar-refractivity contribution < 1.29 is 33.0 Å². The van der Waals surface area contributed by atoms with Crippen LogP contribution in [0.3, 0.4) is 0 Å². The van der Waals surface area contributed by atoms with Gasteiger partial charge in [-0.1, -0.05) is 42.5 Å². The number of anilines is 1. The summed E-state index contributed by atoms with van der Waals surface area (Å²) in [4.78, 5) is 40.8. The van der Waals surface area contributed by atoms with Gasteiger partial charge in [0.25, 0.3) is 15.9 Å². The second-order valence-electron chi connectivity index (χ2n) is 9.57. The number of carboxylic acids is 1. The minimum absolute atomic E-state index is 0.0401. The Bertz CT molecular complexity index is 1840. The lowest BCUT2D eigenvalue weighted by molar-refractivity contribution is -0.138. The molecule has 0 saturated heterocycles. The Balaban J connectivity index is 0.000000171. The van der Waals surface area contributed by atoms with Gasteiger partial charge in [-0.15, -0.1) is 11.3 Å². The van der Waals surface area contributed by atoms with Crippen molar-refractivity contribution in [1.82, 2.24) is 13.9 Å². The van der Waals surface area contributed by atoms with Crippen LogP contribution in [0.1, 0.15) is 44.5 Å². The molecule has 0 aliphatic carbocycles. The maximum Gasteiger partial charge on any atom is 0.312 e. The number of hydrogen-bond donors (Lipinski definition) is 3. The molecular formula is C29H26N4O7S2. The van der Waals surface area contributed by atoms with E-state index in [0.717, 1.165) is 14.9 Å². The van der Waals surface area contributed by atoms with Gasteiger partial charge in [-0.3, -0.25) is 24.0 Å². The number of fused-ring (bicyclic) bond motifs is 2. The number of hydrogen-bond acceptors (Lipinski definition) is 8. The standard InChI is InChI=1S/C15H13NO3.C14H13N3O4S2/c17-14(10-4-2-1-3-5-10)13-7-6-12-11(15(18)19)8-9-16(12)13;1-8-7-15-14(22-8)16-13(19)11-12(18)9-5-3-4-6-10(9)23(20,21)17(11)2/h1-7,11H,8-9H2,(H,18,19);3-7,18H,1-2H3,(H,15,16,19). The van der Waals surface area contributed by atoms with E-state index in [1.807, 2.05) is 29.7 Å². The van der Waals surface area contributed by atoms with Crippen LogP contribution in [0, 0.1) is 6.92 Å². The Morgan fingerprint density at radius 3 is 2.38 bits per heavy atom. The lowest BCUT2D eigenvalue weighted by Crippen LogP contribution is -2.37. The van der Waals surface area contributed by atoms with E-state index in [1.54, 1.807) is 42.6 Å². The summed E-state index contributed by atoms with van der Waals surface area (Å²) in [7, 11) is -2.67. The molecule has 2 aromatic carbocycles. The molecule has 13 heteroatoms. The number of likely N-dealkylation sites (N-methyl/N-ethyl adjacent to an activating group) is 1. The van der Waals surface area contributed by atoms with Crippen LogP contribution in [0.2, 0.25) is 0 Å². The van der Waals surface area contributed by atoms with Crippen molar-refractivity contribution in [3.8, 4) is 0 Å². The Morgan fingerprint density at radius 1 is 1.02 bits per heavy atom. The van der Waals surface area contributed by atoms with Gasteiger partial charge >= 0.3 is 5.97 Å². The number of sulfonamides is 1. The molecule has 0 radical (unpaired) electrons. The molecule has 216 valence electrons. The zero-order chi connectivity index (χ0) is 30.2. The van der Waals surface area contributed by atoms with Crippen LogP contribution in [0.15, 0.2) is 83.5 Å². The molecule has 2 aromatic heterocycles. The van der Waals surface area contributed by atoms with Crippen LogP contribution in [-0.2, 0) is 26.2 Å². The highest BCUT2D eigenvalue weighted by Gasteiger charge is 2.38. The van der Waals surface area contributed by atoms with E-state index in [2.05, 4.69) is 10.3 Å². The Morgan fingerprint density at radius 2 is 1.71 bits per heavy atom. The van der Waals surface area contributed by atoms with Gasteiger partial charge in [-0.2, -0.15) is 0 Å². The van der Waals surface area contributed by atoms with Gasteiger partial charge in [0.1, 0.15) is 0 Å². The largest absolute Gasteiger partial charge is 0.505 e. The van der Waals surface area contributed by atoms with Gasteiger partial charge in [0.05, 0.1) is 16.5 Å². The first-order valence-electron chi connectivity index (χ1n) is 12.8. The molecule has 0 spiro atoms. The van der Waals surface area contributed by atoms with E-state index in [9.17, 15) is 27.9 Å². The van der Waals surface area contributed by atoms with Gasteiger partial charge in [0.15, 0.2) is 16.6 Å².